The summed E-state index contributed by atoms with van der Waals surface area (Å²) in [5, 5.41) is 0.679. The van der Waals surface area contributed by atoms with Crippen molar-refractivity contribution < 1.29 is 9.53 Å². The van der Waals surface area contributed by atoms with Crippen LogP contribution in [0.3, 0.4) is 0 Å². The lowest BCUT2D eigenvalue weighted by Crippen LogP contribution is -2.06. The average Bonchev–Trinajstić information content (AvgIpc) is 2.29. The maximum Gasteiger partial charge on any atom is 0.306 e. The Hall–Kier alpha value is -1.06. The second-order valence-electron chi connectivity index (χ2n) is 3.53. The Balaban J connectivity index is 2.23. The molecule has 0 aromatic heterocycles. The summed E-state index contributed by atoms with van der Waals surface area (Å²) < 4.78 is 5.09. The second kappa shape index (κ2) is 7.25. The summed E-state index contributed by atoms with van der Waals surface area (Å²) in [7, 11) is 0. The van der Waals surface area contributed by atoms with E-state index in [0.717, 1.165) is 18.4 Å². The highest BCUT2D eigenvalue weighted by Crippen LogP contribution is 2.10. The Labute approximate surface area is 101 Å². The lowest BCUT2D eigenvalue weighted by atomic mass is 10.2. The summed E-state index contributed by atoms with van der Waals surface area (Å²) in [4.78, 5) is 11.3. The Morgan fingerprint density at radius 2 is 1.94 bits per heavy atom. The zero-order chi connectivity index (χ0) is 11.8. The normalized spacial score (nSPS) is 10.1. The van der Waals surface area contributed by atoms with Crippen molar-refractivity contribution in [3.05, 3.63) is 34.9 Å². The predicted molar refractivity (Wildman–Crippen MR) is 64.2 cm³/mol. The summed E-state index contributed by atoms with van der Waals surface area (Å²) in [6.07, 6.45) is 2.08. The molecule has 0 atom stereocenters. The van der Waals surface area contributed by atoms with E-state index in [1.807, 2.05) is 12.1 Å². The third-order valence-corrected chi connectivity index (χ3v) is 2.40. The fraction of sp³-hybridized carbons (Fsp3) is 0.417. The van der Waals surface area contributed by atoms with E-state index in [2.05, 4.69) is 0 Å². The zero-order valence-corrected chi connectivity index (χ0v) is 9.87. The van der Waals surface area contributed by atoms with Crippen LogP contribution in [0.15, 0.2) is 24.3 Å². The number of rotatable bonds is 6. The topological polar surface area (TPSA) is 52.3 Å². The van der Waals surface area contributed by atoms with Crippen LogP contribution >= 0.6 is 11.6 Å². The first-order valence-electron chi connectivity index (χ1n) is 5.32. The van der Waals surface area contributed by atoms with Gasteiger partial charge in [-0.15, -0.1) is 0 Å². The molecule has 0 radical (unpaired) electrons. The van der Waals surface area contributed by atoms with E-state index in [1.165, 1.54) is 0 Å². The van der Waals surface area contributed by atoms with Gasteiger partial charge in [0, 0.05) is 11.4 Å². The number of hydrogen-bond acceptors (Lipinski definition) is 3. The first-order chi connectivity index (χ1) is 7.72. The number of carbonyl (C=O) groups excluding carboxylic acids is 1. The third kappa shape index (κ3) is 5.14. The van der Waals surface area contributed by atoms with Crippen molar-refractivity contribution in [2.45, 2.75) is 25.9 Å². The number of carbonyl (C=O) groups is 1. The van der Waals surface area contributed by atoms with Gasteiger partial charge in [0.25, 0.3) is 0 Å². The lowest BCUT2D eigenvalue weighted by Gasteiger charge is -2.04. The maximum atomic E-state index is 11.3. The van der Waals surface area contributed by atoms with Crippen molar-refractivity contribution in [3.63, 3.8) is 0 Å². The molecule has 0 saturated carbocycles. The summed E-state index contributed by atoms with van der Waals surface area (Å²) in [5.41, 5.74) is 6.27. The largest absolute Gasteiger partial charge is 0.461 e. The number of nitrogens with two attached hydrogens (primary N) is 1. The van der Waals surface area contributed by atoms with Crippen molar-refractivity contribution >= 4 is 17.6 Å². The molecule has 3 nitrogen and oxygen atoms in total. The molecule has 1 aromatic rings. The number of hydrogen-bond donors (Lipinski definition) is 1. The minimum Gasteiger partial charge on any atom is -0.461 e. The van der Waals surface area contributed by atoms with Crippen molar-refractivity contribution in [2.75, 3.05) is 6.54 Å². The van der Waals surface area contributed by atoms with Crippen molar-refractivity contribution in [1.29, 1.82) is 0 Å². The second-order valence-corrected chi connectivity index (χ2v) is 3.97. The molecule has 0 spiro atoms. The first-order valence-corrected chi connectivity index (χ1v) is 5.70. The van der Waals surface area contributed by atoms with Crippen LogP contribution in [-0.4, -0.2) is 12.5 Å². The van der Waals surface area contributed by atoms with Gasteiger partial charge in [-0.2, -0.15) is 0 Å². The zero-order valence-electron chi connectivity index (χ0n) is 9.12. The molecule has 0 aliphatic heterocycles. The molecule has 0 fully saturated rings. The number of esters is 1. The molecule has 0 amide bonds. The first kappa shape index (κ1) is 13.0. The minimum absolute atomic E-state index is 0.177. The summed E-state index contributed by atoms with van der Waals surface area (Å²) in [5.74, 6) is -0.177. The molecule has 0 unspecified atom stereocenters. The van der Waals surface area contributed by atoms with Gasteiger partial charge in [0.2, 0.25) is 0 Å². The molecular weight excluding hydrogens is 226 g/mol. The van der Waals surface area contributed by atoms with Crippen LogP contribution in [0.4, 0.5) is 0 Å². The molecule has 0 aliphatic rings. The third-order valence-electron chi connectivity index (χ3n) is 2.15. The average molecular weight is 242 g/mol. The maximum absolute atomic E-state index is 11.3. The van der Waals surface area contributed by atoms with E-state index in [1.54, 1.807) is 12.1 Å². The number of unbranched alkanes of at least 4 members (excludes halogenated alkanes) is 1. The van der Waals surface area contributed by atoms with Crippen molar-refractivity contribution in [3.8, 4) is 0 Å². The summed E-state index contributed by atoms with van der Waals surface area (Å²) in [6.45, 7) is 0.920. The van der Waals surface area contributed by atoms with Crippen LogP contribution < -0.4 is 5.73 Å². The van der Waals surface area contributed by atoms with Crippen LogP contribution in [0, 0.1) is 0 Å². The van der Waals surface area contributed by atoms with E-state index >= 15 is 0 Å². The van der Waals surface area contributed by atoms with Crippen LogP contribution in [-0.2, 0) is 16.1 Å². The SMILES string of the molecule is NCCCCC(=O)OCc1ccc(Cl)cc1. The number of benzene rings is 1. The molecule has 1 rings (SSSR count). The molecule has 16 heavy (non-hydrogen) atoms. The fourth-order valence-corrected chi connectivity index (χ4v) is 1.36. The highest BCUT2D eigenvalue weighted by Gasteiger charge is 2.02. The van der Waals surface area contributed by atoms with Gasteiger partial charge in [0.15, 0.2) is 0 Å². The lowest BCUT2D eigenvalue weighted by molar-refractivity contribution is -0.145. The van der Waals surface area contributed by atoms with Gasteiger partial charge in [0.1, 0.15) is 6.61 Å². The summed E-state index contributed by atoms with van der Waals surface area (Å²) >= 11 is 5.74. The van der Waals surface area contributed by atoms with Gasteiger partial charge in [-0.3, -0.25) is 4.79 Å². The molecule has 0 saturated heterocycles. The Morgan fingerprint density at radius 3 is 2.56 bits per heavy atom. The Bertz CT molecular complexity index is 324. The highest BCUT2D eigenvalue weighted by molar-refractivity contribution is 6.30. The van der Waals surface area contributed by atoms with Gasteiger partial charge in [-0.05, 0) is 37.1 Å². The monoisotopic (exact) mass is 241 g/mol. The standard InChI is InChI=1S/C12H16ClNO2/c13-11-6-4-10(5-7-11)9-16-12(15)3-1-2-8-14/h4-7H,1-3,8-9,14H2. The quantitative estimate of drug-likeness (QED) is 0.615. The fourth-order valence-electron chi connectivity index (χ4n) is 1.23. The molecular formula is C12H16ClNO2. The van der Waals surface area contributed by atoms with E-state index in [0.29, 0.717) is 24.6 Å². The van der Waals surface area contributed by atoms with Crippen LogP contribution in [0.1, 0.15) is 24.8 Å². The van der Waals surface area contributed by atoms with Crippen LogP contribution in [0.5, 0.6) is 0 Å². The van der Waals surface area contributed by atoms with Gasteiger partial charge >= 0.3 is 5.97 Å². The molecule has 88 valence electrons. The number of halogens is 1. The summed E-state index contributed by atoms with van der Waals surface area (Å²) in [6, 6.07) is 7.24. The number of ether oxygens (including phenoxy) is 1. The Morgan fingerprint density at radius 1 is 1.25 bits per heavy atom. The molecule has 2 N–H and O–H groups in total. The van der Waals surface area contributed by atoms with Crippen molar-refractivity contribution in [2.24, 2.45) is 5.73 Å². The molecule has 0 aliphatic carbocycles. The van der Waals surface area contributed by atoms with Gasteiger partial charge < -0.3 is 10.5 Å². The van der Waals surface area contributed by atoms with E-state index in [4.69, 9.17) is 22.1 Å². The van der Waals surface area contributed by atoms with Crippen molar-refractivity contribution in [1.82, 2.24) is 0 Å². The molecule has 0 heterocycles. The van der Waals surface area contributed by atoms with Crippen LogP contribution in [0.25, 0.3) is 0 Å². The van der Waals surface area contributed by atoms with Gasteiger partial charge in [0.05, 0.1) is 0 Å². The van der Waals surface area contributed by atoms with Gasteiger partial charge in [-0.25, -0.2) is 0 Å². The minimum atomic E-state index is -0.177. The predicted octanol–water partition coefficient (Wildman–Crippen LogP) is 2.51. The smallest absolute Gasteiger partial charge is 0.306 e. The van der Waals surface area contributed by atoms with E-state index in [-0.39, 0.29) is 5.97 Å². The van der Waals surface area contributed by atoms with E-state index in [9.17, 15) is 4.79 Å². The van der Waals surface area contributed by atoms with Gasteiger partial charge in [-0.1, -0.05) is 23.7 Å². The van der Waals surface area contributed by atoms with Crippen LogP contribution in [0.2, 0.25) is 5.02 Å². The molecule has 1 aromatic carbocycles. The molecule has 4 heteroatoms. The molecule has 0 bridgehead atoms. The Kier molecular flexibility index (Phi) is 5.90. The van der Waals surface area contributed by atoms with E-state index < -0.39 is 0 Å². The highest BCUT2D eigenvalue weighted by atomic mass is 35.5.